The number of carboxylic acids is 1. The zero-order valence-electron chi connectivity index (χ0n) is 12.4. The van der Waals surface area contributed by atoms with Crippen molar-refractivity contribution < 1.29 is 14.8 Å². The Bertz CT molecular complexity index is 913. The maximum absolute atomic E-state index is 11.6. The second-order valence-corrected chi connectivity index (χ2v) is 5.30. The standard InChI is InChI=1S/C17H14N2O4/c1-11-16(17(20)21)14-9-13(19(22)23)7-8-15(14)18(11)10-12-5-3-2-4-6-12/h2-9H,10H2,1H3,(H,20,21). The van der Waals surface area contributed by atoms with Gasteiger partial charge in [-0.15, -0.1) is 0 Å². The predicted octanol–water partition coefficient (Wildman–Crippen LogP) is 3.60. The molecule has 0 atom stereocenters. The SMILES string of the molecule is Cc1c(C(=O)O)c2cc([N+](=O)[O-])ccc2n1Cc1ccccc1. The third-order valence-corrected chi connectivity index (χ3v) is 3.92. The molecule has 0 spiro atoms. The number of carboxylic acid groups (broad SMARTS) is 1. The molecule has 0 amide bonds. The maximum Gasteiger partial charge on any atom is 0.338 e. The van der Waals surface area contributed by atoms with Crippen LogP contribution in [0.15, 0.2) is 48.5 Å². The molecule has 0 aliphatic heterocycles. The van der Waals surface area contributed by atoms with Gasteiger partial charge in [-0.2, -0.15) is 0 Å². The Kier molecular flexibility index (Phi) is 3.57. The van der Waals surface area contributed by atoms with Crippen molar-refractivity contribution in [2.75, 3.05) is 0 Å². The molecular weight excluding hydrogens is 296 g/mol. The fourth-order valence-corrected chi connectivity index (χ4v) is 2.82. The molecule has 0 unspecified atom stereocenters. The second-order valence-electron chi connectivity index (χ2n) is 5.30. The predicted molar refractivity (Wildman–Crippen MR) is 85.8 cm³/mol. The number of nitro benzene ring substituents is 1. The number of non-ortho nitro benzene ring substituents is 1. The molecule has 116 valence electrons. The highest BCUT2D eigenvalue weighted by Crippen LogP contribution is 2.30. The molecule has 2 aromatic carbocycles. The van der Waals surface area contributed by atoms with Crippen molar-refractivity contribution in [1.82, 2.24) is 4.57 Å². The van der Waals surface area contributed by atoms with Crippen LogP contribution in [0.3, 0.4) is 0 Å². The van der Waals surface area contributed by atoms with Crippen LogP contribution in [0.5, 0.6) is 0 Å². The Labute approximate surface area is 131 Å². The highest BCUT2D eigenvalue weighted by atomic mass is 16.6. The summed E-state index contributed by atoms with van der Waals surface area (Å²) in [6.45, 7) is 2.23. The van der Waals surface area contributed by atoms with Crippen LogP contribution < -0.4 is 0 Å². The summed E-state index contributed by atoms with van der Waals surface area (Å²) in [6, 6.07) is 14.0. The number of nitrogens with zero attached hydrogens (tertiary/aromatic N) is 2. The first-order chi connectivity index (χ1) is 11.0. The van der Waals surface area contributed by atoms with E-state index >= 15 is 0 Å². The van der Waals surface area contributed by atoms with Gasteiger partial charge in [0.2, 0.25) is 0 Å². The van der Waals surface area contributed by atoms with Crippen LogP contribution in [-0.2, 0) is 6.54 Å². The van der Waals surface area contributed by atoms with E-state index in [1.807, 2.05) is 34.9 Å². The lowest BCUT2D eigenvalue weighted by Gasteiger charge is -2.08. The molecular formula is C17H14N2O4. The molecule has 6 nitrogen and oxygen atoms in total. The zero-order chi connectivity index (χ0) is 16.6. The maximum atomic E-state index is 11.6. The van der Waals surface area contributed by atoms with E-state index < -0.39 is 10.9 Å². The van der Waals surface area contributed by atoms with Gasteiger partial charge in [0.15, 0.2) is 0 Å². The van der Waals surface area contributed by atoms with Gasteiger partial charge in [-0.05, 0) is 18.6 Å². The number of rotatable bonds is 4. The van der Waals surface area contributed by atoms with Crippen molar-refractivity contribution in [3.8, 4) is 0 Å². The van der Waals surface area contributed by atoms with Crippen molar-refractivity contribution in [2.24, 2.45) is 0 Å². The first kappa shape index (κ1) is 14.8. The summed E-state index contributed by atoms with van der Waals surface area (Å²) in [4.78, 5) is 22.0. The van der Waals surface area contributed by atoms with Gasteiger partial charge >= 0.3 is 5.97 Å². The highest BCUT2D eigenvalue weighted by Gasteiger charge is 2.21. The molecule has 1 N–H and O–H groups in total. The van der Waals surface area contributed by atoms with Gasteiger partial charge in [0.05, 0.1) is 10.5 Å². The summed E-state index contributed by atoms with van der Waals surface area (Å²) in [5.74, 6) is -1.08. The van der Waals surface area contributed by atoms with E-state index in [1.54, 1.807) is 13.0 Å². The number of benzene rings is 2. The molecule has 0 saturated heterocycles. The molecule has 0 aliphatic rings. The van der Waals surface area contributed by atoms with Crippen LogP contribution in [0.4, 0.5) is 5.69 Å². The minimum Gasteiger partial charge on any atom is -0.478 e. The Hall–Kier alpha value is -3.15. The quantitative estimate of drug-likeness (QED) is 0.589. The highest BCUT2D eigenvalue weighted by molar-refractivity contribution is 6.05. The van der Waals surface area contributed by atoms with Crippen LogP contribution in [0.1, 0.15) is 21.6 Å². The fraction of sp³-hybridized carbons (Fsp3) is 0.118. The first-order valence-corrected chi connectivity index (χ1v) is 7.03. The lowest BCUT2D eigenvalue weighted by Crippen LogP contribution is -2.04. The van der Waals surface area contributed by atoms with Gasteiger partial charge in [0.25, 0.3) is 5.69 Å². The lowest BCUT2D eigenvalue weighted by atomic mass is 10.1. The van der Waals surface area contributed by atoms with Crippen LogP contribution in [-0.4, -0.2) is 20.6 Å². The van der Waals surface area contributed by atoms with Crippen molar-refractivity contribution in [2.45, 2.75) is 13.5 Å². The van der Waals surface area contributed by atoms with E-state index in [4.69, 9.17) is 0 Å². The molecule has 3 rings (SSSR count). The van der Waals surface area contributed by atoms with E-state index in [9.17, 15) is 20.0 Å². The minimum atomic E-state index is -1.08. The van der Waals surface area contributed by atoms with E-state index in [2.05, 4.69) is 0 Å². The van der Waals surface area contributed by atoms with Crippen molar-refractivity contribution in [3.05, 3.63) is 75.5 Å². The normalized spacial score (nSPS) is 10.8. The molecule has 0 bridgehead atoms. The van der Waals surface area contributed by atoms with Gasteiger partial charge in [-0.1, -0.05) is 30.3 Å². The van der Waals surface area contributed by atoms with E-state index in [-0.39, 0.29) is 11.3 Å². The molecule has 0 saturated carbocycles. The smallest absolute Gasteiger partial charge is 0.338 e. The average molecular weight is 310 g/mol. The van der Waals surface area contributed by atoms with Crippen LogP contribution in [0.25, 0.3) is 10.9 Å². The summed E-state index contributed by atoms with van der Waals surface area (Å²) in [5.41, 5.74) is 2.28. The Morgan fingerprint density at radius 2 is 1.91 bits per heavy atom. The topological polar surface area (TPSA) is 85.4 Å². The van der Waals surface area contributed by atoms with Crippen molar-refractivity contribution >= 4 is 22.6 Å². The van der Waals surface area contributed by atoms with Crippen molar-refractivity contribution in [3.63, 3.8) is 0 Å². The van der Waals surface area contributed by atoms with Crippen LogP contribution in [0.2, 0.25) is 0 Å². The average Bonchev–Trinajstić information content (AvgIpc) is 2.80. The minimum absolute atomic E-state index is 0.111. The molecule has 1 heterocycles. The summed E-state index contributed by atoms with van der Waals surface area (Å²) in [6.07, 6.45) is 0. The van der Waals surface area contributed by atoms with Crippen LogP contribution >= 0.6 is 0 Å². The van der Waals surface area contributed by atoms with E-state index in [0.29, 0.717) is 23.1 Å². The zero-order valence-corrected chi connectivity index (χ0v) is 12.4. The first-order valence-electron chi connectivity index (χ1n) is 7.03. The molecule has 3 aromatic rings. The summed E-state index contributed by atoms with van der Waals surface area (Å²) in [5, 5.41) is 20.8. The fourth-order valence-electron chi connectivity index (χ4n) is 2.82. The number of aromatic carboxylic acids is 1. The van der Waals surface area contributed by atoms with Gasteiger partial charge in [0.1, 0.15) is 0 Å². The van der Waals surface area contributed by atoms with Crippen molar-refractivity contribution in [1.29, 1.82) is 0 Å². The molecule has 1 aromatic heterocycles. The lowest BCUT2D eigenvalue weighted by molar-refractivity contribution is -0.384. The van der Waals surface area contributed by atoms with E-state index in [0.717, 1.165) is 5.56 Å². The molecule has 0 fully saturated rings. The third-order valence-electron chi connectivity index (χ3n) is 3.92. The number of aromatic nitrogens is 1. The third kappa shape index (κ3) is 2.55. The van der Waals surface area contributed by atoms with Gasteiger partial charge < -0.3 is 9.67 Å². The monoisotopic (exact) mass is 310 g/mol. The van der Waals surface area contributed by atoms with E-state index in [1.165, 1.54) is 12.1 Å². The number of carbonyl (C=O) groups is 1. The number of hydrogen-bond donors (Lipinski definition) is 1. The van der Waals surface area contributed by atoms with Gasteiger partial charge in [0, 0.05) is 35.3 Å². The largest absolute Gasteiger partial charge is 0.478 e. The summed E-state index contributed by atoms with van der Waals surface area (Å²) < 4.78 is 1.87. The molecule has 0 aliphatic carbocycles. The van der Waals surface area contributed by atoms with Gasteiger partial charge in [-0.25, -0.2) is 4.79 Å². The summed E-state index contributed by atoms with van der Waals surface area (Å²) in [7, 11) is 0. The number of fused-ring (bicyclic) bond motifs is 1. The summed E-state index contributed by atoms with van der Waals surface area (Å²) >= 11 is 0. The van der Waals surface area contributed by atoms with Crippen LogP contribution in [0, 0.1) is 17.0 Å². The second kappa shape index (κ2) is 5.57. The Morgan fingerprint density at radius 3 is 2.52 bits per heavy atom. The number of hydrogen-bond acceptors (Lipinski definition) is 3. The van der Waals surface area contributed by atoms with Gasteiger partial charge in [-0.3, -0.25) is 10.1 Å². The Balaban J connectivity index is 2.24. The molecule has 0 radical (unpaired) electrons. The molecule has 6 heteroatoms. The molecule has 23 heavy (non-hydrogen) atoms. The Morgan fingerprint density at radius 1 is 1.22 bits per heavy atom. The number of nitro groups is 1.